The van der Waals surface area contributed by atoms with Gasteiger partial charge in [0.25, 0.3) is 0 Å². The molecule has 2 unspecified atom stereocenters. The van der Waals surface area contributed by atoms with Gasteiger partial charge in [-0.1, -0.05) is 36.7 Å². The van der Waals surface area contributed by atoms with Crippen LogP contribution in [-0.2, 0) is 4.79 Å². The van der Waals surface area contributed by atoms with Gasteiger partial charge in [0, 0.05) is 18.6 Å². The lowest BCUT2D eigenvalue weighted by atomic mass is 10.1. The van der Waals surface area contributed by atoms with Crippen molar-refractivity contribution < 1.29 is 14.7 Å². The van der Waals surface area contributed by atoms with Crippen molar-refractivity contribution in [2.75, 3.05) is 13.6 Å². The van der Waals surface area contributed by atoms with E-state index in [1.54, 1.807) is 24.9 Å². The van der Waals surface area contributed by atoms with E-state index in [0.29, 0.717) is 18.0 Å². The van der Waals surface area contributed by atoms with Crippen molar-refractivity contribution in [2.24, 2.45) is 5.92 Å². The van der Waals surface area contributed by atoms with Gasteiger partial charge >= 0.3 is 12.0 Å². The van der Waals surface area contributed by atoms with Crippen LogP contribution in [0.2, 0.25) is 5.02 Å². The highest BCUT2D eigenvalue weighted by molar-refractivity contribution is 6.31. The molecule has 2 N–H and O–H groups in total. The first-order valence-corrected chi connectivity index (χ1v) is 7.20. The number of hydrogen-bond acceptors (Lipinski definition) is 2. The van der Waals surface area contributed by atoms with Crippen LogP contribution in [0.1, 0.15) is 31.9 Å². The summed E-state index contributed by atoms with van der Waals surface area (Å²) in [6.45, 7) is 3.83. The number of nitrogens with zero attached hydrogens (tertiary/aromatic N) is 1. The molecule has 1 aromatic rings. The average molecular weight is 313 g/mol. The molecule has 1 aromatic carbocycles. The Hall–Kier alpha value is -1.75. The molecule has 0 radical (unpaired) electrons. The summed E-state index contributed by atoms with van der Waals surface area (Å²) < 4.78 is 0. The van der Waals surface area contributed by atoms with Crippen molar-refractivity contribution in [1.29, 1.82) is 0 Å². The van der Waals surface area contributed by atoms with E-state index in [1.807, 2.05) is 25.1 Å². The summed E-state index contributed by atoms with van der Waals surface area (Å²) in [7, 11) is 1.68. The Morgan fingerprint density at radius 1 is 1.33 bits per heavy atom. The lowest BCUT2D eigenvalue weighted by Gasteiger charge is -2.26. The number of carboxylic acid groups (broad SMARTS) is 1. The van der Waals surface area contributed by atoms with E-state index in [2.05, 4.69) is 5.32 Å². The zero-order valence-electron chi connectivity index (χ0n) is 12.5. The van der Waals surface area contributed by atoms with Gasteiger partial charge in [0.05, 0.1) is 12.0 Å². The van der Waals surface area contributed by atoms with Gasteiger partial charge in [-0.3, -0.25) is 4.79 Å². The van der Waals surface area contributed by atoms with Crippen LogP contribution in [0.4, 0.5) is 4.79 Å². The molecule has 2 amide bonds. The largest absolute Gasteiger partial charge is 0.481 e. The number of carbonyl (C=O) groups excluding carboxylic acids is 1. The van der Waals surface area contributed by atoms with E-state index >= 15 is 0 Å². The summed E-state index contributed by atoms with van der Waals surface area (Å²) in [5, 5.41) is 12.1. The maximum absolute atomic E-state index is 12.0. The van der Waals surface area contributed by atoms with Crippen LogP contribution in [0, 0.1) is 5.92 Å². The SMILES string of the molecule is CC(CCNC(=O)N(C)C(C)c1ccccc1Cl)C(=O)O. The number of rotatable bonds is 6. The maximum atomic E-state index is 12.0. The lowest BCUT2D eigenvalue weighted by molar-refractivity contribution is -0.141. The third kappa shape index (κ3) is 4.93. The molecule has 2 atom stereocenters. The lowest BCUT2D eigenvalue weighted by Crippen LogP contribution is -2.39. The second-order valence-corrected chi connectivity index (χ2v) is 5.48. The van der Waals surface area contributed by atoms with Gasteiger partial charge in [-0.05, 0) is 25.0 Å². The van der Waals surface area contributed by atoms with E-state index in [4.69, 9.17) is 16.7 Å². The highest BCUT2D eigenvalue weighted by Gasteiger charge is 2.19. The number of carboxylic acids is 1. The molecule has 6 heteroatoms. The fourth-order valence-electron chi connectivity index (χ4n) is 1.84. The van der Waals surface area contributed by atoms with E-state index < -0.39 is 11.9 Å². The number of urea groups is 1. The summed E-state index contributed by atoms with van der Waals surface area (Å²) in [5.41, 5.74) is 0.871. The van der Waals surface area contributed by atoms with E-state index in [1.165, 1.54) is 0 Å². The van der Waals surface area contributed by atoms with Gasteiger partial charge in [0.15, 0.2) is 0 Å². The van der Waals surface area contributed by atoms with Crippen LogP contribution >= 0.6 is 11.6 Å². The third-order valence-electron chi connectivity index (χ3n) is 3.53. The van der Waals surface area contributed by atoms with E-state index in [9.17, 15) is 9.59 Å². The summed E-state index contributed by atoms with van der Waals surface area (Å²) in [4.78, 5) is 24.3. The molecule has 1 rings (SSSR count). The van der Waals surface area contributed by atoms with Crippen LogP contribution in [-0.4, -0.2) is 35.6 Å². The molecule has 116 valence electrons. The molecule has 0 aromatic heterocycles. The number of nitrogens with one attached hydrogen (secondary N) is 1. The number of benzene rings is 1. The smallest absolute Gasteiger partial charge is 0.317 e. The van der Waals surface area contributed by atoms with Crippen LogP contribution in [0.25, 0.3) is 0 Å². The Labute approximate surface area is 129 Å². The molecule has 0 aliphatic carbocycles. The van der Waals surface area contributed by atoms with Gasteiger partial charge in [0.2, 0.25) is 0 Å². The minimum atomic E-state index is -0.859. The zero-order valence-corrected chi connectivity index (χ0v) is 13.2. The van der Waals surface area contributed by atoms with Gasteiger partial charge in [0.1, 0.15) is 0 Å². The molecular formula is C15H21ClN2O3. The fraction of sp³-hybridized carbons (Fsp3) is 0.467. The van der Waals surface area contributed by atoms with Gasteiger partial charge < -0.3 is 15.3 Å². The predicted molar refractivity (Wildman–Crippen MR) is 82.4 cm³/mol. The fourth-order valence-corrected chi connectivity index (χ4v) is 2.14. The minimum Gasteiger partial charge on any atom is -0.481 e. The quantitative estimate of drug-likeness (QED) is 0.847. The predicted octanol–water partition coefficient (Wildman–Crippen LogP) is 3.15. The molecule has 21 heavy (non-hydrogen) atoms. The Bertz CT molecular complexity index is 507. The summed E-state index contributed by atoms with van der Waals surface area (Å²) in [6, 6.07) is 6.96. The number of carbonyl (C=O) groups is 2. The standard InChI is InChI=1S/C15H21ClN2O3/c1-10(14(19)20)8-9-17-15(21)18(3)11(2)12-6-4-5-7-13(12)16/h4-7,10-11H,8-9H2,1-3H3,(H,17,21)(H,19,20). The first-order chi connectivity index (χ1) is 9.84. The normalized spacial score (nSPS) is 13.3. The molecule has 0 aliphatic heterocycles. The highest BCUT2D eigenvalue weighted by Crippen LogP contribution is 2.26. The molecule has 0 aliphatic rings. The number of halogens is 1. The van der Waals surface area contributed by atoms with Crippen LogP contribution < -0.4 is 5.32 Å². The van der Waals surface area contributed by atoms with Gasteiger partial charge in [-0.2, -0.15) is 0 Å². The van der Waals surface area contributed by atoms with Crippen LogP contribution in [0.3, 0.4) is 0 Å². The Kier molecular flexibility index (Phi) is 6.49. The van der Waals surface area contributed by atoms with Crippen molar-refractivity contribution in [3.63, 3.8) is 0 Å². The van der Waals surface area contributed by atoms with E-state index in [-0.39, 0.29) is 12.1 Å². The zero-order chi connectivity index (χ0) is 16.0. The topological polar surface area (TPSA) is 69.6 Å². The molecule has 0 spiro atoms. The van der Waals surface area contributed by atoms with Crippen molar-refractivity contribution in [3.8, 4) is 0 Å². The Morgan fingerprint density at radius 3 is 2.52 bits per heavy atom. The van der Waals surface area contributed by atoms with Crippen molar-refractivity contribution in [2.45, 2.75) is 26.3 Å². The second-order valence-electron chi connectivity index (χ2n) is 5.07. The Balaban J connectivity index is 2.54. The number of amides is 2. The monoisotopic (exact) mass is 312 g/mol. The third-order valence-corrected chi connectivity index (χ3v) is 3.88. The van der Waals surface area contributed by atoms with Crippen molar-refractivity contribution in [3.05, 3.63) is 34.9 Å². The summed E-state index contributed by atoms with van der Waals surface area (Å²) >= 11 is 6.12. The highest BCUT2D eigenvalue weighted by atomic mass is 35.5. The molecular weight excluding hydrogens is 292 g/mol. The second kappa shape index (κ2) is 7.88. The first kappa shape index (κ1) is 17.3. The summed E-state index contributed by atoms with van der Waals surface area (Å²) in [5.74, 6) is -1.33. The summed E-state index contributed by atoms with van der Waals surface area (Å²) in [6.07, 6.45) is 0.398. The maximum Gasteiger partial charge on any atom is 0.317 e. The molecule has 5 nitrogen and oxygen atoms in total. The minimum absolute atomic E-state index is 0.171. The van der Waals surface area contributed by atoms with Crippen LogP contribution in [0.5, 0.6) is 0 Å². The van der Waals surface area contributed by atoms with E-state index in [0.717, 1.165) is 5.56 Å². The van der Waals surface area contributed by atoms with Gasteiger partial charge in [-0.15, -0.1) is 0 Å². The molecule has 0 saturated heterocycles. The molecule has 0 heterocycles. The van der Waals surface area contributed by atoms with Crippen molar-refractivity contribution in [1.82, 2.24) is 10.2 Å². The van der Waals surface area contributed by atoms with Crippen LogP contribution in [0.15, 0.2) is 24.3 Å². The average Bonchev–Trinajstić information content (AvgIpc) is 2.45. The first-order valence-electron chi connectivity index (χ1n) is 6.82. The number of aliphatic carboxylic acids is 1. The molecule has 0 bridgehead atoms. The van der Waals surface area contributed by atoms with Gasteiger partial charge in [-0.25, -0.2) is 4.79 Å². The Morgan fingerprint density at radius 2 is 1.95 bits per heavy atom. The number of hydrogen-bond donors (Lipinski definition) is 2. The van der Waals surface area contributed by atoms with Crippen molar-refractivity contribution >= 4 is 23.6 Å². The molecule has 0 fully saturated rings. The molecule has 0 saturated carbocycles.